The zero-order valence-electron chi connectivity index (χ0n) is 13.8. The Morgan fingerprint density at radius 3 is 2.79 bits per heavy atom. The lowest BCUT2D eigenvalue weighted by Gasteiger charge is -2.21. The summed E-state index contributed by atoms with van der Waals surface area (Å²) in [4.78, 5) is 23.5. The normalized spacial score (nSPS) is 12.8. The van der Waals surface area contributed by atoms with Gasteiger partial charge in [0, 0.05) is 19.1 Å². The molecule has 0 bridgehead atoms. The van der Waals surface area contributed by atoms with Crippen LogP contribution in [0.4, 0.5) is 0 Å². The number of rotatable bonds is 7. The van der Waals surface area contributed by atoms with Crippen molar-refractivity contribution in [2.45, 2.75) is 38.8 Å². The van der Waals surface area contributed by atoms with E-state index in [1.807, 2.05) is 20.8 Å². The van der Waals surface area contributed by atoms with Crippen LogP contribution in [0, 0.1) is 0 Å². The maximum absolute atomic E-state index is 12.2. The molecule has 1 unspecified atom stereocenters. The number of H-pyrrole nitrogens is 1. The Kier molecular flexibility index (Phi) is 5.40. The Bertz CT molecular complexity index is 685. The van der Waals surface area contributed by atoms with Gasteiger partial charge in [-0.3, -0.25) is 9.89 Å². The fourth-order valence-corrected chi connectivity index (χ4v) is 1.97. The Balaban J connectivity index is 1.96. The van der Waals surface area contributed by atoms with E-state index < -0.39 is 17.9 Å². The molecule has 2 aromatic rings. The highest BCUT2D eigenvalue weighted by Gasteiger charge is 2.23. The van der Waals surface area contributed by atoms with Crippen LogP contribution in [0.5, 0.6) is 0 Å². The number of nitrogens with one attached hydrogen (secondary N) is 2. The molecule has 0 aliphatic carbocycles. The van der Waals surface area contributed by atoms with Crippen LogP contribution in [0.3, 0.4) is 0 Å². The Hall–Kier alpha value is -2.61. The molecule has 130 valence electrons. The van der Waals surface area contributed by atoms with E-state index in [4.69, 9.17) is 9.15 Å². The Morgan fingerprint density at radius 2 is 2.21 bits per heavy atom. The lowest BCUT2D eigenvalue weighted by Crippen LogP contribution is -2.42. The number of hydrogen-bond donors (Lipinski definition) is 3. The van der Waals surface area contributed by atoms with Crippen molar-refractivity contribution in [1.29, 1.82) is 0 Å². The number of aromatic nitrogens is 2. The largest absolute Gasteiger partial charge is 0.480 e. The van der Waals surface area contributed by atoms with E-state index in [9.17, 15) is 14.7 Å². The number of amides is 1. The molecule has 24 heavy (non-hydrogen) atoms. The smallest absolute Gasteiger partial charge is 0.326 e. The fraction of sp³-hybridized carbons (Fsp3) is 0.438. The molecule has 2 heterocycles. The van der Waals surface area contributed by atoms with Crippen LogP contribution in [0.25, 0.3) is 11.5 Å². The average Bonchev–Trinajstić information content (AvgIpc) is 3.15. The number of carboxylic acid groups (broad SMARTS) is 1. The number of aromatic amines is 1. The summed E-state index contributed by atoms with van der Waals surface area (Å²) in [5.41, 5.74) is 0.255. The molecule has 0 aliphatic heterocycles. The standard InChI is InChI=1S/C16H21N3O5/c1-16(2,3)24-8-6-10(15(21)22)17-14(20)12-9-11(18-19-12)13-5-4-7-23-13/h4-5,7,9-10H,6,8H2,1-3H3,(H,17,20)(H,18,19)(H,21,22). The number of ether oxygens (including phenoxy) is 1. The predicted octanol–water partition coefficient (Wildman–Crippen LogP) is 2.06. The van der Waals surface area contributed by atoms with Gasteiger partial charge in [0.15, 0.2) is 11.5 Å². The molecule has 8 heteroatoms. The summed E-state index contributed by atoms with van der Waals surface area (Å²) in [6.45, 7) is 5.85. The minimum Gasteiger partial charge on any atom is -0.480 e. The van der Waals surface area contributed by atoms with Gasteiger partial charge in [0.25, 0.3) is 5.91 Å². The summed E-state index contributed by atoms with van der Waals surface area (Å²) in [5.74, 6) is -1.16. The van der Waals surface area contributed by atoms with Crippen molar-refractivity contribution in [3.05, 3.63) is 30.2 Å². The molecule has 3 N–H and O–H groups in total. The van der Waals surface area contributed by atoms with E-state index in [1.54, 1.807) is 12.1 Å². The monoisotopic (exact) mass is 335 g/mol. The van der Waals surface area contributed by atoms with E-state index in [2.05, 4.69) is 15.5 Å². The maximum atomic E-state index is 12.2. The molecule has 8 nitrogen and oxygen atoms in total. The third kappa shape index (κ3) is 4.95. The van der Waals surface area contributed by atoms with Crippen LogP contribution in [-0.4, -0.2) is 45.4 Å². The highest BCUT2D eigenvalue weighted by atomic mass is 16.5. The minimum atomic E-state index is -1.12. The molecular formula is C16H21N3O5. The van der Waals surface area contributed by atoms with Gasteiger partial charge < -0.3 is 19.6 Å². The quantitative estimate of drug-likeness (QED) is 0.713. The summed E-state index contributed by atoms with van der Waals surface area (Å²) in [6.07, 6.45) is 1.67. The molecule has 0 aliphatic rings. The van der Waals surface area contributed by atoms with Gasteiger partial charge in [-0.1, -0.05) is 0 Å². The van der Waals surface area contributed by atoms with E-state index in [1.165, 1.54) is 12.3 Å². The molecule has 0 aromatic carbocycles. The Labute approximate surface area is 139 Å². The SMILES string of the molecule is CC(C)(C)OCCC(NC(=O)c1cc(-c2ccco2)[nH]n1)C(=O)O. The van der Waals surface area contributed by atoms with Gasteiger partial charge >= 0.3 is 5.97 Å². The third-order valence-corrected chi connectivity index (χ3v) is 3.14. The van der Waals surface area contributed by atoms with Crippen molar-refractivity contribution < 1.29 is 23.8 Å². The number of hydrogen-bond acceptors (Lipinski definition) is 5. The number of carboxylic acids is 1. The number of furan rings is 1. The minimum absolute atomic E-state index is 0.0874. The Morgan fingerprint density at radius 1 is 1.46 bits per heavy atom. The van der Waals surface area contributed by atoms with Gasteiger partial charge in [-0.15, -0.1) is 0 Å². The summed E-state index contributed by atoms with van der Waals surface area (Å²) in [5, 5.41) is 18.2. The van der Waals surface area contributed by atoms with Crippen molar-refractivity contribution in [3.8, 4) is 11.5 Å². The first-order valence-electron chi connectivity index (χ1n) is 7.53. The maximum Gasteiger partial charge on any atom is 0.326 e. The molecule has 0 spiro atoms. The second kappa shape index (κ2) is 7.31. The van der Waals surface area contributed by atoms with Crippen LogP contribution in [0.2, 0.25) is 0 Å². The number of carbonyl (C=O) groups is 2. The van der Waals surface area contributed by atoms with Gasteiger partial charge in [0.2, 0.25) is 0 Å². The van der Waals surface area contributed by atoms with Crippen molar-refractivity contribution in [3.63, 3.8) is 0 Å². The van der Waals surface area contributed by atoms with Crippen molar-refractivity contribution in [1.82, 2.24) is 15.5 Å². The topological polar surface area (TPSA) is 117 Å². The molecule has 1 amide bonds. The summed E-state index contributed by atoms with van der Waals surface area (Å²) >= 11 is 0. The molecule has 0 radical (unpaired) electrons. The molecule has 2 aromatic heterocycles. The molecular weight excluding hydrogens is 314 g/mol. The molecule has 2 rings (SSSR count). The van der Waals surface area contributed by atoms with Crippen LogP contribution < -0.4 is 5.32 Å². The number of aliphatic carboxylic acids is 1. The van der Waals surface area contributed by atoms with Crippen LogP contribution in [-0.2, 0) is 9.53 Å². The first kappa shape index (κ1) is 17.7. The predicted molar refractivity (Wildman–Crippen MR) is 85.5 cm³/mol. The summed E-state index contributed by atoms with van der Waals surface area (Å²) in [6, 6.07) is 3.88. The van der Waals surface area contributed by atoms with E-state index >= 15 is 0 Å². The molecule has 1 atom stereocenters. The van der Waals surface area contributed by atoms with Crippen LogP contribution in [0.15, 0.2) is 28.9 Å². The summed E-state index contributed by atoms with van der Waals surface area (Å²) in [7, 11) is 0. The van der Waals surface area contributed by atoms with Crippen molar-refractivity contribution in [2.75, 3.05) is 6.61 Å². The van der Waals surface area contributed by atoms with Crippen molar-refractivity contribution >= 4 is 11.9 Å². The van der Waals surface area contributed by atoms with Crippen molar-refractivity contribution in [2.24, 2.45) is 0 Å². The molecule has 0 fully saturated rings. The lowest BCUT2D eigenvalue weighted by atomic mass is 10.1. The lowest BCUT2D eigenvalue weighted by molar-refractivity contribution is -0.140. The molecule has 0 saturated carbocycles. The van der Waals surface area contributed by atoms with E-state index in [0.29, 0.717) is 11.5 Å². The van der Waals surface area contributed by atoms with Gasteiger partial charge in [0.05, 0.1) is 11.9 Å². The van der Waals surface area contributed by atoms with Crippen LogP contribution in [0.1, 0.15) is 37.7 Å². The second-order valence-electron chi connectivity index (χ2n) is 6.26. The highest BCUT2D eigenvalue weighted by Crippen LogP contribution is 2.17. The zero-order chi connectivity index (χ0) is 17.7. The second-order valence-corrected chi connectivity index (χ2v) is 6.26. The highest BCUT2D eigenvalue weighted by molar-refractivity contribution is 5.95. The fourth-order valence-electron chi connectivity index (χ4n) is 1.97. The zero-order valence-corrected chi connectivity index (χ0v) is 13.8. The van der Waals surface area contributed by atoms with Gasteiger partial charge in [-0.05, 0) is 32.9 Å². The van der Waals surface area contributed by atoms with Gasteiger partial charge in [0.1, 0.15) is 11.7 Å². The number of nitrogens with zero attached hydrogens (tertiary/aromatic N) is 1. The van der Waals surface area contributed by atoms with E-state index in [-0.39, 0.29) is 24.3 Å². The number of carbonyl (C=O) groups excluding carboxylic acids is 1. The molecule has 0 saturated heterocycles. The third-order valence-electron chi connectivity index (χ3n) is 3.14. The average molecular weight is 335 g/mol. The van der Waals surface area contributed by atoms with Gasteiger partial charge in [-0.2, -0.15) is 5.10 Å². The van der Waals surface area contributed by atoms with Crippen LogP contribution >= 0.6 is 0 Å². The van der Waals surface area contributed by atoms with E-state index in [0.717, 1.165) is 0 Å². The first-order chi connectivity index (χ1) is 11.3. The first-order valence-corrected chi connectivity index (χ1v) is 7.53. The van der Waals surface area contributed by atoms with Gasteiger partial charge in [-0.25, -0.2) is 4.79 Å². The summed E-state index contributed by atoms with van der Waals surface area (Å²) < 4.78 is 10.7.